The minimum absolute atomic E-state index is 0.00426. The monoisotopic (exact) mass is 317 g/mol. The smallest absolute Gasteiger partial charge is 0.257 e. The first-order chi connectivity index (χ1) is 8.13. The van der Waals surface area contributed by atoms with Gasteiger partial charge in [-0.25, -0.2) is 0 Å². The Hall–Kier alpha value is -0.740. The van der Waals surface area contributed by atoms with Crippen LogP contribution in [0.5, 0.6) is 5.75 Å². The van der Waals surface area contributed by atoms with Crippen molar-refractivity contribution < 1.29 is 9.90 Å². The second kappa shape index (κ2) is 5.27. The maximum Gasteiger partial charge on any atom is 0.257 e. The van der Waals surface area contributed by atoms with Gasteiger partial charge in [0, 0.05) is 22.9 Å². The zero-order valence-electron chi connectivity index (χ0n) is 9.20. The van der Waals surface area contributed by atoms with Crippen molar-refractivity contribution in [3.63, 3.8) is 0 Å². The Kier molecular flexibility index (Phi) is 3.94. The number of likely N-dealkylation sites (tertiary alicyclic amines) is 1. The van der Waals surface area contributed by atoms with Gasteiger partial charge in [0.1, 0.15) is 5.75 Å². The number of phenols is 1. The Bertz CT molecular complexity index is 439. The van der Waals surface area contributed by atoms with E-state index in [9.17, 15) is 9.90 Å². The molecule has 0 aromatic heterocycles. The summed E-state index contributed by atoms with van der Waals surface area (Å²) in [6.07, 6.45) is 1.91. The molecule has 1 fully saturated rings. The number of carbonyl (C=O) groups is 1. The van der Waals surface area contributed by atoms with Crippen molar-refractivity contribution in [3.8, 4) is 5.75 Å². The molecule has 17 heavy (non-hydrogen) atoms. The number of amides is 1. The molecular weight excluding hydrogens is 305 g/mol. The van der Waals surface area contributed by atoms with Crippen LogP contribution in [0.15, 0.2) is 22.7 Å². The van der Waals surface area contributed by atoms with Gasteiger partial charge in [-0.2, -0.15) is 0 Å². The molecule has 1 heterocycles. The molecule has 5 heteroatoms. The van der Waals surface area contributed by atoms with Crippen molar-refractivity contribution in [3.05, 3.63) is 28.2 Å². The molecule has 0 saturated carbocycles. The summed E-state index contributed by atoms with van der Waals surface area (Å²) in [5, 5.41) is 9.77. The molecule has 0 aliphatic carbocycles. The zero-order valence-corrected chi connectivity index (χ0v) is 11.5. The van der Waals surface area contributed by atoms with E-state index in [0.717, 1.165) is 17.3 Å². The maximum absolute atomic E-state index is 12.2. The van der Waals surface area contributed by atoms with Crippen molar-refractivity contribution in [1.29, 1.82) is 0 Å². The molecule has 1 saturated heterocycles. The van der Waals surface area contributed by atoms with E-state index in [1.165, 1.54) is 6.07 Å². The third-order valence-corrected chi connectivity index (χ3v) is 3.86. The predicted octanol–water partition coefficient (Wildman–Crippen LogP) is 3.00. The second-order valence-corrected chi connectivity index (χ2v) is 5.33. The lowest BCUT2D eigenvalue weighted by Crippen LogP contribution is -2.36. The van der Waals surface area contributed by atoms with Crippen LogP contribution in [0.2, 0.25) is 0 Å². The molecule has 1 aliphatic heterocycles. The molecule has 0 radical (unpaired) electrons. The maximum atomic E-state index is 12.2. The highest BCUT2D eigenvalue weighted by Crippen LogP contribution is 2.27. The minimum Gasteiger partial charge on any atom is -0.507 e. The summed E-state index contributed by atoms with van der Waals surface area (Å²) < 4.78 is 0.752. The van der Waals surface area contributed by atoms with Gasteiger partial charge >= 0.3 is 0 Å². The number of rotatable bonds is 2. The number of alkyl halides is 1. The summed E-state index contributed by atoms with van der Waals surface area (Å²) in [5.74, 6) is 0.311. The van der Waals surface area contributed by atoms with Crippen molar-refractivity contribution >= 4 is 33.4 Å². The van der Waals surface area contributed by atoms with Gasteiger partial charge in [-0.05, 0) is 31.0 Å². The molecule has 3 nitrogen and oxygen atoms in total. The van der Waals surface area contributed by atoms with Crippen LogP contribution in [0.1, 0.15) is 23.2 Å². The van der Waals surface area contributed by atoms with E-state index in [1.54, 1.807) is 17.0 Å². The molecule has 1 unspecified atom stereocenters. The van der Waals surface area contributed by atoms with Gasteiger partial charge in [0.2, 0.25) is 0 Å². The van der Waals surface area contributed by atoms with Crippen LogP contribution < -0.4 is 0 Å². The van der Waals surface area contributed by atoms with Crippen LogP contribution in [0.25, 0.3) is 0 Å². The first-order valence-electron chi connectivity index (χ1n) is 5.49. The third kappa shape index (κ3) is 2.58. The summed E-state index contributed by atoms with van der Waals surface area (Å²) in [4.78, 5) is 14.0. The van der Waals surface area contributed by atoms with Crippen molar-refractivity contribution in [1.82, 2.24) is 4.90 Å². The predicted molar refractivity (Wildman–Crippen MR) is 70.6 cm³/mol. The van der Waals surface area contributed by atoms with Crippen molar-refractivity contribution in [2.75, 3.05) is 12.4 Å². The lowest BCUT2D eigenvalue weighted by molar-refractivity contribution is 0.0746. The number of aromatic hydroxyl groups is 1. The molecule has 0 spiro atoms. The summed E-state index contributed by atoms with van der Waals surface area (Å²) in [6, 6.07) is 5.00. The molecule has 1 N–H and O–H groups in total. The molecule has 1 aliphatic rings. The van der Waals surface area contributed by atoms with E-state index >= 15 is 0 Å². The molecule has 1 atom stereocenters. The normalized spacial score (nSPS) is 19.6. The number of hydrogen-bond acceptors (Lipinski definition) is 2. The van der Waals surface area contributed by atoms with E-state index in [2.05, 4.69) is 15.9 Å². The Morgan fingerprint density at radius 3 is 3.00 bits per heavy atom. The van der Waals surface area contributed by atoms with Crippen molar-refractivity contribution in [2.45, 2.75) is 18.9 Å². The van der Waals surface area contributed by atoms with Crippen LogP contribution in [0.3, 0.4) is 0 Å². The number of nitrogens with zero attached hydrogens (tertiary/aromatic N) is 1. The lowest BCUT2D eigenvalue weighted by Gasteiger charge is -2.23. The fourth-order valence-corrected chi connectivity index (χ4v) is 2.77. The largest absolute Gasteiger partial charge is 0.507 e. The Balaban J connectivity index is 2.24. The summed E-state index contributed by atoms with van der Waals surface area (Å²) in [5.41, 5.74) is 0.338. The number of carbonyl (C=O) groups excluding carboxylic acids is 1. The highest BCUT2D eigenvalue weighted by atomic mass is 79.9. The third-order valence-electron chi connectivity index (χ3n) is 3.01. The van der Waals surface area contributed by atoms with Gasteiger partial charge in [0.25, 0.3) is 5.91 Å². The number of halogens is 2. The van der Waals surface area contributed by atoms with E-state index in [1.807, 2.05) is 0 Å². The standard InChI is InChI=1S/C12H13BrClNO2/c13-8-3-4-10(11(16)6-8)12(17)15-5-1-2-9(15)7-14/h3-4,6,9,16H,1-2,5,7H2. The van der Waals surface area contributed by atoms with E-state index in [0.29, 0.717) is 18.0 Å². The Morgan fingerprint density at radius 1 is 1.59 bits per heavy atom. The topological polar surface area (TPSA) is 40.5 Å². The van der Waals surface area contributed by atoms with Crippen LogP contribution in [-0.4, -0.2) is 34.4 Å². The first kappa shape index (κ1) is 12.7. The Labute approximate surface area is 114 Å². The van der Waals surface area contributed by atoms with E-state index < -0.39 is 0 Å². The van der Waals surface area contributed by atoms with Crippen LogP contribution in [0, 0.1) is 0 Å². The summed E-state index contributed by atoms with van der Waals surface area (Å²) >= 11 is 9.08. The molecule has 1 aromatic carbocycles. The van der Waals surface area contributed by atoms with Gasteiger partial charge in [0.05, 0.1) is 5.56 Å². The first-order valence-corrected chi connectivity index (χ1v) is 6.81. The molecule has 1 aromatic rings. The molecule has 0 bridgehead atoms. The van der Waals surface area contributed by atoms with E-state index in [-0.39, 0.29) is 17.7 Å². The SMILES string of the molecule is O=C(c1ccc(Br)cc1O)N1CCCC1CCl. The molecule has 92 valence electrons. The minimum atomic E-state index is -0.141. The van der Waals surface area contributed by atoms with Crippen LogP contribution in [-0.2, 0) is 0 Å². The average Bonchev–Trinajstić information content (AvgIpc) is 2.76. The molecule has 2 rings (SSSR count). The van der Waals surface area contributed by atoms with Gasteiger partial charge in [-0.3, -0.25) is 4.79 Å². The highest BCUT2D eigenvalue weighted by molar-refractivity contribution is 9.10. The van der Waals surface area contributed by atoms with Gasteiger partial charge < -0.3 is 10.0 Å². The van der Waals surface area contributed by atoms with Gasteiger partial charge in [0.15, 0.2) is 0 Å². The zero-order chi connectivity index (χ0) is 12.4. The fraction of sp³-hybridized carbons (Fsp3) is 0.417. The quantitative estimate of drug-likeness (QED) is 0.852. The van der Waals surface area contributed by atoms with Crippen LogP contribution in [0.4, 0.5) is 0 Å². The lowest BCUT2D eigenvalue weighted by atomic mass is 10.1. The molecular formula is C12H13BrClNO2. The number of hydrogen-bond donors (Lipinski definition) is 1. The molecule has 1 amide bonds. The summed E-state index contributed by atoms with van der Waals surface area (Å²) in [7, 11) is 0. The fourth-order valence-electron chi connectivity index (χ4n) is 2.10. The van der Waals surface area contributed by atoms with E-state index in [4.69, 9.17) is 11.6 Å². The number of benzene rings is 1. The Morgan fingerprint density at radius 2 is 2.35 bits per heavy atom. The van der Waals surface area contributed by atoms with Gasteiger partial charge in [-0.1, -0.05) is 15.9 Å². The summed E-state index contributed by atoms with van der Waals surface area (Å²) in [6.45, 7) is 0.714. The van der Waals surface area contributed by atoms with Gasteiger partial charge in [-0.15, -0.1) is 11.6 Å². The second-order valence-electron chi connectivity index (χ2n) is 4.11. The number of phenolic OH excluding ortho intramolecular Hbond substituents is 1. The van der Waals surface area contributed by atoms with Crippen molar-refractivity contribution in [2.24, 2.45) is 0 Å². The highest BCUT2D eigenvalue weighted by Gasteiger charge is 2.29. The average molecular weight is 319 g/mol. The van der Waals surface area contributed by atoms with Crippen LogP contribution >= 0.6 is 27.5 Å².